The SMILES string of the molecule is N[C@@H](CS[C@](Cn1cncn1)(c1ccc(F)cc1)[C@H](O)c1ccccc1Cl)C(=O)O. The van der Waals surface area contributed by atoms with Gasteiger partial charge in [-0.2, -0.15) is 5.10 Å². The molecule has 10 heteroatoms. The molecule has 0 radical (unpaired) electrons. The van der Waals surface area contributed by atoms with E-state index in [2.05, 4.69) is 10.1 Å². The number of aliphatic carboxylic acids is 1. The summed E-state index contributed by atoms with van der Waals surface area (Å²) in [5, 5.41) is 25.3. The molecular weight excluding hydrogens is 431 g/mol. The van der Waals surface area contributed by atoms with E-state index in [4.69, 9.17) is 17.3 Å². The molecule has 0 aliphatic carbocycles. The third kappa shape index (κ3) is 4.81. The maximum absolute atomic E-state index is 13.6. The minimum absolute atomic E-state index is 0.0110. The van der Waals surface area contributed by atoms with Crippen LogP contribution >= 0.6 is 23.4 Å². The van der Waals surface area contributed by atoms with Crippen LogP contribution in [-0.4, -0.2) is 42.7 Å². The molecule has 0 fully saturated rings. The molecule has 0 spiro atoms. The van der Waals surface area contributed by atoms with Crippen molar-refractivity contribution in [1.29, 1.82) is 0 Å². The summed E-state index contributed by atoms with van der Waals surface area (Å²) in [6.07, 6.45) is 1.65. The van der Waals surface area contributed by atoms with Crippen LogP contribution in [0.3, 0.4) is 0 Å². The smallest absolute Gasteiger partial charge is 0.321 e. The molecule has 0 aliphatic rings. The van der Waals surface area contributed by atoms with Gasteiger partial charge in [0.1, 0.15) is 30.6 Å². The van der Waals surface area contributed by atoms with Gasteiger partial charge in [-0.05, 0) is 23.8 Å². The second-order valence-electron chi connectivity index (χ2n) is 6.67. The summed E-state index contributed by atoms with van der Waals surface area (Å²) in [7, 11) is 0. The maximum atomic E-state index is 13.6. The highest BCUT2D eigenvalue weighted by atomic mass is 35.5. The number of carboxylic acid groups (broad SMARTS) is 1. The number of benzene rings is 2. The van der Waals surface area contributed by atoms with Gasteiger partial charge in [-0.3, -0.25) is 9.48 Å². The zero-order valence-corrected chi connectivity index (χ0v) is 17.3. The summed E-state index contributed by atoms with van der Waals surface area (Å²) in [6, 6.07) is 11.3. The molecule has 7 nitrogen and oxygen atoms in total. The second kappa shape index (κ2) is 9.57. The highest BCUT2D eigenvalue weighted by Gasteiger charge is 2.43. The Kier molecular flexibility index (Phi) is 7.09. The lowest BCUT2D eigenvalue weighted by molar-refractivity contribution is -0.137. The normalized spacial score (nSPS) is 15.3. The number of carbonyl (C=O) groups is 1. The van der Waals surface area contributed by atoms with Gasteiger partial charge in [-0.25, -0.2) is 9.37 Å². The lowest BCUT2D eigenvalue weighted by atomic mass is 9.87. The first-order valence-electron chi connectivity index (χ1n) is 8.97. The van der Waals surface area contributed by atoms with Crippen molar-refractivity contribution in [3.8, 4) is 0 Å². The van der Waals surface area contributed by atoms with Gasteiger partial charge >= 0.3 is 5.97 Å². The first-order valence-corrected chi connectivity index (χ1v) is 10.3. The molecule has 0 aliphatic heterocycles. The molecule has 0 saturated heterocycles. The van der Waals surface area contributed by atoms with Gasteiger partial charge in [0.05, 0.1) is 11.3 Å². The van der Waals surface area contributed by atoms with E-state index >= 15 is 0 Å². The van der Waals surface area contributed by atoms with E-state index in [1.54, 1.807) is 36.4 Å². The number of nitrogens with two attached hydrogens (primary N) is 1. The fraction of sp³-hybridized carbons (Fsp3) is 0.250. The summed E-state index contributed by atoms with van der Waals surface area (Å²) in [5.74, 6) is -1.61. The predicted octanol–water partition coefficient (Wildman–Crippen LogP) is 2.84. The van der Waals surface area contributed by atoms with Gasteiger partial charge in [0.15, 0.2) is 0 Å². The minimum Gasteiger partial charge on any atom is -0.480 e. The number of hydrogen-bond acceptors (Lipinski definition) is 6. The van der Waals surface area contributed by atoms with E-state index in [-0.39, 0.29) is 12.3 Å². The molecule has 2 aromatic carbocycles. The molecule has 0 saturated carbocycles. The van der Waals surface area contributed by atoms with E-state index in [9.17, 15) is 19.4 Å². The quantitative estimate of drug-likeness (QED) is 0.459. The second-order valence-corrected chi connectivity index (χ2v) is 8.43. The van der Waals surface area contributed by atoms with Crippen molar-refractivity contribution in [3.63, 3.8) is 0 Å². The van der Waals surface area contributed by atoms with Gasteiger partial charge in [0, 0.05) is 16.3 Å². The van der Waals surface area contributed by atoms with Crippen LogP contribution in [0.15, 0.2) is 61.2 Å². The Morgan fingerprint density at radius 3 is 2.57 bits per heavy atom. The van der Waals surface area contributed by atoms with E-state index in [0.29, 0.717) is 16.1 Å². The van der Waals surface area contributed by atoms with Crippen LogP contribution in [0.5, 0.6) is 0 Å². The standard InChI is InChI=1S/C20H20ClFN4O3S/c21-16-4-2-1-3-15(16)18(27)20(10-26-12-24-11-25-26,30-9-17(23)19(28)29)13-5-7-14(22)8-6-13/h1-8,11-12,17-18,27H,9-10,23H2,(H,28,29)/t17-,18+,20+/m0/s1. The molecular formula is C20H20ClFN4O3S. The number of thioether (sulfide) groups is 1. The average molecular weight is 451 g/mol. The zero-order valence-electron chi connectivity index (χ0n) is 15.7. The summed E-state index contributed by atoms with van der Waals surface area (Å²) in [6.45, 7) is 0.113. The highest BCUT2D eigenvalue weighted by molar-refractivity contribution is 8.00. The summed E-state index contributed by atoms with van der Waals surface area (Å²) >= 11 is 7.50. The van der Waals surface area contributed by atoms with Crippen molar-refractivity contribution in [2.75, 3.05) is 5.75 Å². The third-order valence-electron chi connectivity index (χ3n) is 4.68. The molecule has 30 heavy (non-hydrogen) atoms. The molecule has 1 aromatic heterocycles. The Balaban J connectivity index is 2.14. The summed E-state index contributed by atoms with van der Waals surface area (Å²) < 4.78 is 14.0. The first kappa shape index (κ1) is 22.2. The Morgan fingerprint density at radius 2 is 1.97 bits per heavy atom. The van der Waals surface area contributed by atoms with Crippen molar-refractivity contribution in [3.05, 3.63) is 83.2 Å². The zero-order chi connectivity index (χ0) is 21.7. The first-order chi connectivity index (χ1) is 14.3. The summed E-state index contributed by atoms with van der Waals surface area (Å²) in [4.78, 5) is 15.3. The number of aliphatic hydroxyl groups is 1. The van der Waals surface area contributed by atoms with E-state index in [0.717, 1.165) is 11.8 Å². The molecule has 4 N–H and O–H groups in total. The lowest BCUT2D eigenvalue weighted by Crippen LogP contribution is -2.40. The van der Waals surface area contributed by atoms with Gasteiger partial charge in [0.25, 0.3) is 0 Å². The molecule has 3 atom stereocenters. The molecule has 0 unspecified atom stereocenters. The van der Waals surface area contributed by atoms with Crippen LogP contribution in [0, 0.1) is 5.82 Å². The van der Waals surface area contributed by atoms with Crippen molar-refractivity contribution < 1.29 is 19.4 Å². The van der Waals surface area contributed by atoms with Gasteiger partial charge < -0.3 is 15.9 Å². The fourth-order valence-electron chi connectivity index (χ4n) is 3.09. The number of nitrogens with zero attached hydrogens (tertiary/aromatic N) is 3. The van der Waals surface area contributed by atoms with E-state index in [1.165, 1.54) is 29.5 Å². The molecule has 158 valence electrons. The topological polar surface area (TPSA) is 114 Å². The highest BCUT2D eigenvalue weighted by Crippen LogP contribution is 2.49. The predicted molar refractivity (Wildman–Crippen MR) is 113 cm³/mol. The average Bonchev–Trinajstić information content (AvgIpc) is 3.24. The molecule has 3 rings (SSSR count). The van der Waals surface area contributed by atoms with Crippen LogP contribution in [0.1, 0.15) is 17.2 Å². The molecule has 1 heterocycles. The van der Waals surface area contributed by atoms with Crippen LogP contribution < -0.4 is 5.73 Å². The van der Waals surface area contributed by atoms with Gasteiger partial charge in [0.2, 0.25) is 0 Å². The fourth-order valence-corrected chi connectivity index (χ4v) is 4.76. The number of hydrogen-bond donors (Lipinski definition) is 3. The Morgan fingerprint density at radius 1 is 1.27 bits per heavy atom. The van der Waals surface area contributed by atoms with Crippen LogP contribution in [-0.2, 0) is 16.1 Å². The van der Waals surface area contributed by atoms with Gasteiger partial charge in [-0.15, -0.1) is 11.8 Å². The Bertz CT molecular complexity index is 990. The van der Waals surface area contributed by atoms with Crippen molar-refractivity contribution in [2.24, 2.45) is 5.73 Å². The number of carboxylic acids is 1. The van der Waals surface area contributed by atoms with Crippen molar-refractivity contribution in [1.82, 2.24) is 14.8 Å². The molecule has 0 bridgehead atoms. The number of aromatic nitrogens is 3. The molecule has 3 aromatic rings. The number of aliphatic hydroxyl groups excluding tert-OH is 1. The van der Waals surface area contributed by atoms with Crippen molar-refractivity contribution in [2.45, 2.75) is 23.4 Å². The molecule has 0 amide bonds. The lowest BCUT2D eigenvalue weighted by Gasteiger charge is -2.39. The number of halogens is 2. The Hall–Kier alpha value is -2.46. The third-order valence-corrected chi connectivity index (χ3v) is 6.65. The maximum Gasteiger partial charge on any atom is 0.321 e. The van der Waals surface area contributed by atoms with Crippen LogP contribution in [0.2, 0.25) is 5.02 Å². The van der Waals surface area contributed by atoms with Crippen LogP contribution in [0.25, 0.3) is 0 Å². The largest absolute Gasteiger partial charge is 0.480 e. The number of rotatable bonds is 9. The Labute approximate surface area is 181 Å². The minimum atomic E-state index is -1.19. The van der Waals surface area contributed by atoms with E-state index < -0.39 is 28.7 Å². The monoisotopic (exact) mass is 450 g/mol. The summed E-state index contributed by atoms with van der Waals surface area (Å²) in [5.41, 5.74) is 6.75. The van der Waals surface area contributed by atoms with Crippen LogP contribution in [0.4, 0.5) is 4.39 Å². The van der Waals surface area contributed by atoms with E-state index in [1.807, 2.05) is 0 Å². The van der Waals surface area contributed by atoms with Gasteiger partial charge in [-0.1, -0.05) is 41.9 Å². The van der Waals surface area contributed by atoms with Crippen molar-refractivity contribution >= 4 is 29.3 Å².